The number of carbonyl (C=O) groups excluding carboxylic acids is 2. The van der Waals surface area contributed by atoms with Gasteiger partial charge in [0.2, 0.25) is 0 Å². The second kappa shape index (κ2) is 38.9. The highest BCUT2D eigenvalue weighted by molar-refractivity contribution is 7.47. The largest absolute Gasteiger partial charge is 0.472 e. The molecule has 0 aromatic carbocycles. The lowest BCUT2D eigenvalue weighted by molar-refractivity contribution is -0.161. The minimum atomic E-state index is -4.30. The van der Waals surface area contributed by atoms with E-state index in [1.807, 2.05) is 0 Å². The molecule has 0 aromatic rings. The molecule has 0 radical (unpaired) electrons. The number of unbranched alkanes of at least 4 members (excludes halogenated alkanes) is 10. The Kier molecular flexibility index (Phi) is 36.9. The molecule has 0 aromatic heterocycles. The summed E-state index contributed by atoms with van der Waals surface area (Å²) in [6.45, 7) is 5.24. The summed E-state index contributed by atoms with van der Waals surface area (Å²) in [5.74, 6) is -0.861. The van der Waals surface area contributed by atoms with Crippen LogP contribution < -0.4 is 0 Å². The van der Waals surface area contributed by atoms with Crippen LogP contribution in [-0.2, 0) is 32.7 Å². The number of phosphoric ester groups is 1. The van der Waals surface area contributed by atoms with Gasteiger partial charge in [0.15, 0.2) is 6.10 Å². The van der Waals surface area contributed by atoms with Gasteiger partial charge in [-0.1, -0.05) is 137 Å². The summed E-state index contributed by atoms with van der Waals surface area (Å²) >= 11 is 0. The molecule has 0 rings (SSSR count). The van der Waals surface area contributed by atoms with Gasteiger partial charge in [-0.3, -0.25) is 18.6 Å². The van der Waals surface area contributed by atoms with Crippen LogP contribution in [0.5, 0.6) is 0 Å². The molecule has 0 saturated carbocycles. The van der Waals surface area contributed by atoms with Crippen LogP contribution in [0, 0.1) is 0 Å². The number of allylic oxidation sites excluding steroid dienone is 14. The highest BCUT2D eigenvalue weighted by atomic mass is 31.2. The predicted octanol–water partition coefficient (Wildman–Crippen LogP) is 12.7. The summed E-state index contributed by atoms with van der Waals surface area (Å²) in [5, 5.41) is 0. The summed E-state index contributed by atoms with van der Waals surface area (Å²) in [5.41, 5.74) is 0. The van der Waals surface area contributed by atoms with E-state index in [-0.39, 0.29) is 26.1 Å². The van der Waals surface area contributed by atoms with Crippen LogP contribution in [0.1, 0.15) is 156 Å². The minimum Gasteiger partial charge on any atom is -0.462 e. The molecule has 0 aliphatic heterocycles. The second-order valence-electron chi connectivity index (χ2n) is 12.9. The average molecular weight is 761 g/mol. The molecule has 8 nitrogen and oxygen atoms in total. The van der Waals surface area contributed by atoms with Crippen molar-refractivity contribution in [3.63, 3.8) is 0 Å². The first-order chi connectivity index (χ1) is 25.8. The maximum atomic E-state index is 12.5. The van der Waals surface area contributed by atoms with Gasteiger partial charge in [-0.2, -0.15) is 0 Å². The van der Waals surface area contributed by atoms with Crippen LogP contribution in [-0.4, -0.2) is 42.8 Å². The Balaban J connectivity index is 4.23. The molecule has 302 valence electrons. The van der Waals surface area contributed by atoms with Crippen molar-refractivity contribution in [1.82, 2.24) is 0 Å². The van der Waals surface area contributed by atoms with Crippen LogP contribution >= 0.6 is 7.82 Å². The molecule has 2 unspecified atom stereocenters. The van der Waals surface area contributed by atoms with Gasteiger partial charge in [-0.15, -0.1) is 0 Å². The fourth-order valence-electron chi connectivity index (χ4n) is 4.96. The average Bonchev–Trinajstić information content (AvgIpc) is 3.13. The third kappa shape index (κ3) is 38.8. The normalized spacial score (nSPS) is 14.3. The molecular weight excluding hydrogens is 687 g/mol. The number of rotatable bonds is 36. The molecule has 0 aliphatic rings. The Labute approximate surface area is 323 Å². The van der Waals surface area contributed by atoms with Crippen molar-refractivity contribution >= 4 is 19.8 Å². The monoisotopic (exact) mass is 761 g/mol. The zero-order valence-electron chi connectivity index (χ0n) is 33.4. The number of hydrogen-bond donors (Lipinski definition) is 1. The molecule has 0 spiro atoms. The quantitative estimate of drug-likeness (QED) is 0.0291. The number of carbonyl (C=O) groups is 2. The van der Waals surface area contributed by atoms with E-state index in [9.17, 15) is 19.0 Å². The molecule has 0 fully saturated rings. The summed E-state index contributed by atoms with van der Waals surface area (Å²) < 4.78 is 32.5. The Morgan fingerprint density at radius 3 is 1.47 bits per heavy atom. The third-order valence-electron chi connectivity index (χ3n) is 7.94. The van der Waals surface area contributed by atoms with Crippen molar-refractivity contribution in [3.8, 4) is 0 Å². The van der Waals surface area contributed by atoms with Crippen LogP contribution in [0.2, 0.25) is 0 Å². The van der Waals surface area contributed by atoms with E-state index in [0.29, 0.717) is 12.8 Å². The maximum absolute atomic E-state index is 12.5. The maximum Gasteiger partial charge on any atom is 0.472 e. The minimum absolute atomic E-state index is 0.0136. The molecule has 0 aliphatic carbocycles. The van der Waals surface area contributed by atoms with Gasteiger partial charge in [0.25, 0.3) is 0 Å². The van der Waals surface area contributed by atoms with E-state index >= 15 is 0 Å². The van der Waals surface area contributed by atoms with Crippen molar-refractivity contribution in [2.75, 3.05) is 19.8 Å². The van der Waals surface area contributed by atoms with Crippen molar-refractivity contribution in [2.24, 2.45) is 0 Å². The SMILES string of the molecule is CC/C=C\C/C=C\C/C=C\C/C=C\C/C=C\CCCCCC(=O)OC(COC(=O)CCCCCCC/C=C\C/C=C\CCCC)COP(=O)(O)OCC. The Bertz CT molecular complexity index is 1130. The standard InChI is InChI=1S/C44H73O8P/c1-4-7-9-11-13-15-17-19-21-22-23-24-25-27-29-31-33-35-37-39-44(46)52-42(41-51-53(47,48)50-6-3)40-49-43(45)38-36-34-32-30-28-26-20-18-16-14-12-10-8-5-2/h7,9,12-15,18-21,23-24,27,29,42H,4-6,8,10-11,16-17,22,25-26,28,30-41H2,1-3H3,(H,47,48)/b9-7-,14-12-,15-13-,20-18-,21-19-,24-23-,29-27-. The first-order valence-corrected chi connectivity index (χ1v) is 21.9. The van der Waals surface area contributed by atoms with Gasteiger partial charge >= 0.3 is 19.8 Å². The van der Waals surface area contributed by atoms with E-state index in [1.165, 1.54) is 12.8 Å². The van der Waals surface area contributed by atoms with Crippen LogP contribution in [0.15, 0.2) is 85.1 Å². The van der Waals surface area contributed by atoms with Crippen LogP contribution in [0.3, 0.4) is 0 Å². The van der Waals surface area contributed by atoms with Crippen molar-refractivity contribution < 1.29 is 37.6 Å². The summed E-state index contributed by atoms with van der Waals surface area (Å²) in [4.78, 5) is 34.7. The molecule has 0 saturated heterocycles. The van der Waals surface area contributed by atoms with Crippen LogP contribution in [0.25, 0.3) is 0 Å². The topological polar surface area (TPSA) is 108 Å². The third-order valence-corrected chi connectivity index (χ3v) is 8.99. The van der Waals surface area contributed by atoms with E-state index in [4.69, 9.17) is 18.5 Å². The summed E-state index contributed by atoms with van der Waals surface area (Å²) in [7, 11) is -4.30. The summed E-state index contributed by atoms with van der Waals surface area (Å²) in [6.07, 6.45) is 49.2. The fraction of sp³-hybridized carbons (Fsp3) is 0.636. The number of hydrogen-bond acceptors (Lipinski definition) is 7. The first-order valence-electron chi connectivity index (χ1n) is 20.4. The molecule has 0 amide bonds. The molecule has 53 heavy (non-hydrogen) atoms. The van der Waals surface area contributed by atoms with Crippen molar-refractivity contribution in [2.45, 2.75) is 162 Å². The molecule has 0 bridgehead atoms. The van der Waals surface area contributed by atoms with Crippen molar-refractivity contribution in [3.05, 3.63) is 85.1 Å². The van der Waals surface area contributed by atoms with Gasteiger partial charge in [0.05, 0.1) is 13.2 Å². The Hall–Kier alpha value is -2.77. The lowest BCUT2D eigenvalue weighted by Crippen LogP contribution is -2.29. The van der Waals surface area contributed by atoms with Gasteiger partial charge < -0.3 is 14.4 Å². The zero-order chi connectivity index (χ0) is 38.9. The first kappa shape index (κ1) is 50.2. The molecular formula is C44H73O8P. The zero-order valence-corrected chi connectivity index (χ0v) is 34.3. The lowest BCUT2D eigenvalue weighted by atomic mass is 10.1. The van der Waals surface area contributed by atoms with E-state index in [2.05, 4.69) is 98.9 Å². The van der Waals surface area contributed by atoms with E-state index in [1.54, 1.807) is 6.92 Å². The fourth-order valence-corrected chi connectivity index (χ4v) is 5.72. The predicted molar refractivity (Wildman–Crippen MR) is 221 cm³/mol. The van der Waals surface area contributed by atoms with Gasteiger partial charge in [-0.05, 0) is 90.4 Å². The summed E-state index contributed by atoms with van der Waals surface area (Å²) in [6, 6.07) is 0. The lowest BCUT2D eigenvalue weighted by Gasteiger charge is -2.19. The van der Waals surface area contributed by atoms with E-state index in [0.717, 1.165) is 96.3 Å². The highest BCUT2D eigenvalue weighted by Crippen LogP contribution is 2.43. The molecule has 0 heterocycles. The van der Waals surface area contributed by atoms with Gasteiger partial charge in [-0.25, -0.2) is 4.57 Å². The number of ether oxygens (including phenoxy) is 2. The highest BCUT2D eigenvalue weighted by Gasteiger charge is 2.25. The smallest absolute Gasteiger partial charge is 0.462 e. The molecule has 1 N–H and O–H groups in total. The number of phosphoric acid groups is 1. The second-order valence-corrected chi connectivity index (χ2v) is 14.4. The van der Waals surface area contributed by atoms with E-state index < -0.39 is 32.5 Å². The van der Waals surface area contributed by atoms with Gasteiger partial charge in [0.1, 0.15) is 6.61 Å². The molecule has 2 atom stereocenters. The Morgan fingerprint density at radius 1 is 0.528 bits per heavy atom. The Morgan fingerprint density at radius 2 is 0.962 bits per heavy atom. The van der Waals surface area contributed by atoms with Crippen LogP contribution in [0.4, 0.5) is 0 Å². The number of esters is 2. The molecule has 9 heteroatoms. The van der Waals surface area contributed by atoms with Crippen molar-refractivity contribution in [1.29, 1.82) is 0 Å². The van der Waals surface area contributed by atoms with Gasteiger partial charge in [0, 0.05) is 12.8 Å².